The van der Waals surface area contributed by atoms with Crippen LogP contribution in [0.4, 0.5) is 8.78 Å². The summed E-state index contributed by atoms with van der Waals surface area (Å²) in [5.74, 6) is -3.77. The van der Waals surface area contributed by atoms with Crippen LogP contribution in [0.15, 0.2) is 12.3 Å². The van der Waals surface area contributed by atoms with E-state index in [2.05, 4.69) is 15.4 Å². The van der Waals surface area contributed by atoms with Gasteiger partial charge in [0.05, 0.1) is 17.6 Å². The number of hydrogen-bond donors (Lipinski definition) is 1. The molecule has 2 fully saturated rings. The minimum atomic E-state index is -2.58. The van der Waals surface area contributed by atoms with Gasteiger partial charge in [-0.15, -0.1) is 5.10 Å². The van der Waals surface area contributed by atoms with E-state index >= 15 is 0 Å². The largest absolute Gasteiger partial charge is 0.480 e. The molecule has 0 aromatic carbocycles. The van der Waals surface area contributed by atoms with Crippen molar-refractivity contribution >= 4 is 5.97 Å². The second-order valence-electron chi connectivity index (χ2n) is 7.29. The fourth-order valence-electron chi connectivity index (χ4n) is 3.64. The first kappa shape index (κ1) is 17.1. The molecule has 1 unspecified atom stereocenters. The number of aliphatic carboxylic acids is 1. The van der Waals surface area contributed by atoms with Crippen molar-refractivity contribution in [2.75, 3.05) is 0 Å². The Hall–Kier alpha value is -2.32. The monoisotopic (exact) mass is 365 g/mol. The van der Waals surface area contributed by atoms with Gasteiger partial charge in [0.25, 0.3) is 5.92 Å². The van der Waals surface area contributed by atoms with Gasteiger partial charge in [-0.25, -0.2) is 8.78 Å². The van der Waals surface area contributed by atoms with E-state index in [4.69, 9.17) is 5.11 Å². The van der Waals surface area contributed by atoms with Gasteiger partial charge in [0, 0.05) is 24.8 Å². The summed E-state index contributed by atoms with van der Waals surface area (Å²) < 4.78 is 30.4. The first-order valence-electron chi connectivity index (χ1n) is 9.00. The van der Waals surface area contributed by atoms with Gasteiger partial charge in [-0.2, -0.15) is 5.10 Å². The summed E-state index contributed by atoms with van der Waals surface area (Å²) in [7, 11) is 0. The Bertz CT molecular complexity index is 812. The molecule has 2 aromatic rings. The zero-order chi connectivity index (χ0) is 18.3. The van der Waals surface area contributed by atoms with Gasteiger partial charge in [0.1, 0.15) is 12.2 Å². The molecular weight excluding hydrogens is 344 g/mol. The average molecular weight is 365 g/mol. The van der Waals surface area contributed by atoms with E-state index in [0.29, 0.717) is 43.1 Å². The van der Waals surface area contributed by atoms with Crippen LogP contribution >= 0.6 is 0 Å². The molecule has 0 spiro atoms. The summed E-state index contributed by atoms with van der Waals surface area (Å²) in [5.41, 5.74) is 2.00. The van der Waals surface area contributed by atoms with Gasteiger partial charge in [-0.05, 0) is 38.2 Å². The molecule has 0 bridgehead atoms. The maximum Gasteiger partial charge on any atom is 0.325 e. The molecule has 9 heteroatoms. The topological polar surface area (TPSA) is 85.8 Å². The lowest BCUT2D eigenvalue weighted by atomic mass is 10.0. The maximum atomic E-state index is 13.7. The molecule has 2 heterocycles. The fraction of sp³-hybridized carbons (Fsp3) is 0.647. The molecule has 2 aromatic heterocycles. The molecule has 2 aliphatic rings. The third-order valence-corrected chi connectivity index (χ3v) is 5.25. The predicted octanol–water partition coefficient (Wildman–Crippen LogP) is 2.93. The van der Waals surface area contributed by atoms with Gasteiger partial charge in [0.15, 0.2) is 0 Å². The maximum absolute atomic E-state index is 13.7. The van der Waals surface area contributed by atoms with Crippen molar-refractivity contribution in [3.8, 4) is 11.4 Å². The van der Waals surface area contributed by atoms with Crippen molar-refractivity contribution in [1.82, 2.24) is 24.8 Å². The molecular formula is C17H21F2N5O2. The van der Waals surface area contributed by atoms with Crippen molar-refractivity contribution in [3.05, 3.63) is 18.0 Å². The van der Waals surface area contributed by atoms with Crippen molar-refractivity contribution in [1.29, 1.82) is 0 Å². The Morgan fingerprint density at radius 2 is 2.15 bits per heavy atom. The molecule has 0 radical (unpaired) electrons. The molecule has 4 rings (SSSR count). The summed E-state index contributed by atoms with van der Waals surface area (Å²) in [6.45, 7) is 0.124. The Balaban J connectivity index is 1.49. The Morgan fingerprint density at radius 3 is 2.81 bits per heavy atom. The highest BCUT2D eigenvalue weighted by Gasteiger charge is 2.43. The SMILES string of the molecule is O=C(O)Cn1nc(C2CC2)cc1-c1cn(CCC2CCCC2(F)F)nn1. The number of nitrogens with zero attached hydrogens (tertiary/aromatic N) is 5. The van der Waals surface area contributed by atoms with Crippen LogP contribution in [0.5, 0.6) is 0 Å². The molecule has 140 valence electrons. The summed E-state index contributed by atoms with van der Waals surface area (Å²) in [6, 6.07) is 1.86. The number of halogens is 2. The van der Waals surface area contributed by atoms with Gasteiger partial charge >= 0.3 is 5.97 Å². The lowest BCUT2D eigenvalue weighted by molar-refractivity contribution is -0.137. The van der Waals surface area contributed by atoms with Crippen LogP contribution in [0, 0.1) is 5.92 Å². The molecule has 7 nitrogen and oxygen atoms in total. The van der Waals surface area contributed by atoms with E-state index in [-0.39, 0.29) is 13.0 Å². The number of aromatic nitrogens is 5. The normalized spacial score (nSPS) is 22.0. The van der Waals surface area contributed by atoms with Crippen LogP contribution in [0.2, 0.25) is 0 Å². The molecule has 0 amide bonds. The Morgan fingerprint density at radius 1 is 1.35 bits per heavy atom. The van der Waals surface area contributed by atoms with E-state index in [9.17, 15) is 13.6 Å². The molecule has 26 heavy (non-hydrogen) atoms. The smallest absolute Gasteiger partial charge is 0.325 e. The summed E-state index contributed by atoms with van der Waals surface area (Å²) >= 11 is 0. The van der Waals surface area contributed by atoms with Gasteiger partial charge < -0.3 is 5.11 Å². The lowest BCUT2D eigenvalue weighted by Gasteiger charge is -2.18. The number of carboxylic acid groups (broad SMARTS) is 1. The van der Waals surface area contributed by atoms with Gasteiger partial charge in [0.2, 0.25) is 0 Å². The number of aryl methyl sites for hydroxylation is 1. The van der Waals surface area contributed by atoms with Gasteiger partial charge in [-0.3, -0.25) is 14.2 Å². The molecule has 2 aliphatic carbocycles. The lowest BCUT2D eigenvalue weighted by Crippen LogP contribution is -2.23. The quantitative estimate of drug-likeness (QED) is 0.815. The minimum Gasteiger partial charge on any atom is -0.480 e. The van der Waals surface area contributed by atoms with Crippen LogP contribution in [0.3, 0.4) is 0 Å². The number of carboxylic acids is 1. The van der Waals surface area contributed by atoms with E-state index in [1.807, 2.05) is 6.07 Å². The Labute approximate surface area is 149 Å². The van der Waals surface area contributed by atoms with Crippen molar-refractivity contribution in [2.24, 2.45) is 5.92 Å². The first-order chi connectivity index (χ1) is 12.4. The van der Waals surface area contributed by atoms with Crippen molar-refractivity contribution in [2.45, 2.75) is 63.5 Å². The molecule has 1 N–H and O–H groups in total. The third kappa shape index (κ3) is 3.47. The van der Waals surface area contributed by atoms with E-state index in [1.54, 1.807) is 10.9 Å². The third-order valence-electron chi connectivity index (χ3n) is 5.25. The summed E-state index contributed by atoms with van der Waals surface area (Å²) in [6.07, 6.45) is 5.25. The van der Waals surface area contributed by atoms with E-state index in [0.717, 1.165) is 18.5 Å². The minimum absolute atomic E-state index is 0.0292. The van der Waals surface area contributed by atoms with Crippen molar-refractivity contribution in [3.63, 3.8) is 0 Å². The van der Waals surface area contributed by atoms with Crippen LogP contribution in [0.1, 0.15) is 50.1 Å². The second kappa shape index (κ2) is 6.44. The highest BCUT2D eigenvalue weighted by Crippen LogP contribution is 2.42. The number of alkyl halides is 2. The molecule has 1 atom stereocenters. The average Bonchev–Trinajstić information content (AvgIpc) is 3.02. The summed E-state index contributed by atoms with van der Waals surface area (Å²) in [4.78, 5) is 11.1. The fourth-order valence-corrected chi connectivity index (χ4v) is 3.64. The predicted molar refractivity (Wildman–Crippen MR) is 87.8 cm³/mol. The second-order valence-corrected chi connectivity index (χ2v) is 7.29. The molecule has 2 saturated carbocycles. The number of rotatable bonds is 7. The highest BCUT2D eigenvalue weighted by atomic mass is 19.3. The molecule has 0 saturated heterocycles. The van der Waals surface area contributed by atoms with Crippen LogP contribution in [0.25, 0.3) is 11.4 Å². The number of carbonyl (C=O) groups is 1. The zero-order valence-electron chi connectivity index (χ0n) is 14.3. The van der Waals surface area contributed by atoms with Crippen molar-refractivity contribution < 1.29 is 18.7 Å². The van der Waals surface area contributed by atoms with E-state index < -0.39 is 17.8 Å². The van der Waals surface area contributed by atoms with Gasteiger partial charge in [-0.1, -0.05) is 5.21 Å². The van der Waals surface area contributed by atoms with E-state index in [1.165, 1.54) is 4.68 Å². The molecule has 0 aliphatic heterocycles. The highest BCUT2D eigenvalue weighted by molar-refractivity contribution is 5.68. The summed E-state index contributed by atoms with van der Waals surface area (Å²) in [5, 5.41) is 21.6. The van der Waals surface area contributed by atoms with Crippen LogP contribution in [-0.4, -0.2) is 41.8 Å². The zero-order valence-corrected chi connectivity index (χ0v) is 14.3. The Kier molecular flexibility index (Phi) is 4.24. The standard InChI is InChI=1S/C17H21F2N5O2/c18-17(19)6-1-2-12(17)5-7-23-9-14(20-22-23)15-8-13(11-3-4-11)21-24(15)10-16(25)26/h8-9,11-12H,1-7,10H2,(H,25,26). The number of hydrogen-bond acceptors (Lipinski definition) is 4. The van der Waals surface area contributed by atoms with Crippen LogP contribution in [-0.2, 0) is 17.9 Å². The first-order valence-corrected chi connectivity index (χ1v) is 9.00. The van der Waals surface area contributed by atoms with Crippen LogP contribution < -0.4 is 0 Å².